The predicted molar refractivity (Wildman–Crippen MR) is 75.4 cm³/mol. The zero-order chi connectivity index (χ0) is 12.3. The van der Waals surface area contributed by atoms with E-state index in [9.17, 15) is 0 Å². The van der Waals surface area contributed by atoms with Crippen molar-refractivity contribution in [1.29, 1.82) is 0 Å². The molecular formula is C11H11BrClN3S. The van der Waals surface area contributed by atoms with E-state index in [2.05, 4.69) is 38.4 Å². The molecule has 0 aliphatic heterocycles. The molecule has 0 aliphatic rings. The highest BCUT2D eigenvalue weighted by Crippen LogP contribution is 2.32. The number of halogens is 2. The van der Waals surface area contributed by atoms with Gasteiger partial charge in [-0.25, -0.2) is 0 Å². The van der Waals surface area contributed by atoms with Crippen molar-refractivity contribution in [3.8, 4) is 10.6 Å². The molecule has 6 heteroatoms. The van der Waals surface area contributed by atoms with E-state index < -0.39 is 0 Å². The van der Waals surface area contributed by atoms with Gasteiger partial charge in [0, 0.05) is 16.6 Å². The second kappa shape index (κ2) is 5.91. The topological polar surface area (TPSA) is 37.8 Å². The maximum Gasteiger partial charge on any atom is 0.149 e. The second-order valence-electron chi connectivity index (χ2n) is 3.41. The quantitative estimate of drug-likeness (QED) is 0.927. The number of nitrogens with zero attached hydrogens (tertiary/aromatic N) is 2. The van der Waals surface area contributed by atoms with Gasteiger partial charge in [-0.15, -0.1) is 10.2 Å². The minimum atomic E-state index is 0.694. The molecule has 2 aromatic rings. The van der Waals surface area contributed by atoms with Crippen LogP contribution in [0.5, 0.6) is 0 Å². The maximum absolute atomic E-state index is 6.15. The summed E-state index contributed by atoms with van der Waals surface area (Å²) < 4.78 is 0.986. The standard InChI is InChI=1S/C11H11BrClN3S/c1-2-14-6-10-15-16-11(17-10)8-5-7(12)3-4-9(8)13/h3-5,14H,2,6H2,1H3. The predicted octanol–water partition coefficient (Wildman–Crippen LogP) is 3.73. The Hall–Kier alpha value is -0.490. The van der Waals surface area contributed by atoms with Crippen molar-refractivity contribution in [2.75, 3.05) is 6.54 Å². The summed E-state index contributed by atoms with van der Waals surface area (Å²) >= 11 is 11.1. The lowest BCUT2D eigenvalue weighted by Gasteiger charge is -1.99. The molecule has 0 spiro atoms. The van der Waals surface area contributed by atoms with Gasteiger partial charge in [0.25, 0.3) is 0 Å². The van der Waals surface area contributed by atoms with Crippen LogP contribution in [-0.4, -0.2) is 16.7 Å². The van der Waals surface area contributed by atoms with Gasteiger partial charge >= 0.3 is 0 Å². The van der Waals surface area contributed by atoms with Gasteiger partial charge in [0.2, 0.25) is 0 Å². The molecular weight excluding hydrogens is 322 g/mol. The molecule has 1 N–H and O–H groups in total. The Morgan fingerprint density at radius 1 is 1.41 bits per heavy atom. The zero-order valence-corrected chi connectivity index (χ0v) is 12.4. The van der Waals surface area contributed by atoms with Gasteiger partial charge in [-0.1, -0.05) is 45.8 Å². The van der Waals surface area contributed by atoms with Crippen molar-refractivity contribution in [3.05, 3.63) is 32.7 Å². The third-order valence-electron chi connectivity index (χ3n) is 2.15. The van der Waals surface area contributed by atoms with E-state index in [1.807, 2.05) is 18.2 Å². The normalized spacial score (nSPS) is 10.8. The number of aromatic nitrogens is 2. The van der Waals surface area contributed by atoms with Crippen LogP contribution in [0.2, 0.25) is 5.02 Å². The van der Waals surface area contributed by atoms with Crippen LogP contribution in [0.1, 0.15) is 11.9 Å². The molecule has 0 saturated heterocycles. The van der Waals surface area contributed by atoms with Gasteiger partial charge < -0.3 is 5.32 Å². The highest BCUT2D eigenvalue weighted by atomic mass is 79.9. The first-order valence-corrected chi connectivity index (χ1v) is 7.18. The van der Waals surface area contributed by atoms with Gasteiger partial charge in [0.15, 0.2) is 0 Å². The molecule has 17 heavy (non-hydrogen) atoms. The minimum absolute atomic E-state index is 0.694. The number of nitrogens with one attached hydrogen (secondary N) is 1. The van der Waals surface area contributed by atoms with Crippen LogP contribution in [0.15, 0.2) is 22.7 Å². The summed E-state index contributed by atoms with van der Waals surface area (Å²) in [6.07, 6.45) is 0. The summed E-state index contributed by atoms with van der Waals surface area (Å²) in [6.45, 7) is 3.74. The molecule has 0 radical (unpaired) electrons. The second-order valence-corrected chi connectivity index (χ2v) is 5.79. The lowest BCUT2D eigenvalue weighted by molar-refractivity contribution is 0.715. The van der Waals surface area contributed by atoms with Gasteiger partial charge in [-0.05, 0) is 24.7 Å². The van der Waals surface area contributed by atoms with E-state index in [0.717, 1.165) is 33.1 Å². The molecule has 1 aromatic heterocycles. The van der Waals surface area contributed by atoms with Gasteiger partial charge in [-0.2, -0.15) is 0 Å². The van der Waals surface area contributed by atoms with E-state index in [1.165, 1.54) is 0 Å². The van der Waals surface area contributed by atoms with Crippen molar-refractivity contribution in [3.63, 3.8) is 0 Å². The molecule has 2 rings (SSSR count). The van der Waals surface area contributed by atoms with Crippen molar-refractivity contribution in [2.24, 2.45) is 0 Å². The first-order chi connectivity index (χ1) is 8.20. The number of hydrogen-bond acceptors (Lipinski definition) is 4. The fourth-order valence-corrected chi connectivity index (χ4v) is 2.79. The summed E-state index contributed by atoms with van der Waals surface area (Å²) in [5.74, 6) is 0. The van der Waals surface area contributed by atoms with E-state index in [-0.39, 0.29) is 0 Å². The van der Waals surface area contributed by atoms with Crippen LogP contribution < -0.4 is 5.32 Å². The highest BCUT2D eigenvalue weighted by molar-refractivity contribution is 9.10. The summed E-state index contributed by atoms with van der Waals surface area (Å²) in [5.41, 5.74) is 0.918. The van der Waals surface area contributed by atoms with E-state index in [1.54, 1.807) is 11.3 Å². The molecule has 1 heterocycles. The summed E-state index contributed by atoms with van der Waals surface area (Å²) in [5, 5.41) is 14.0. The van der Waals surface area contributed by atoms with Crippen molar-refractivity contribution in [1.82, 2.24) is 15.5 Å². The number of rotatable bonds is 4. The van der Waals surface area contributed by atoms with Crippen molar-refractivity contribution < 1.29 is 0 Å². The Balaban J connectivity index is 2.27. The Morgan fingerprint density at radius 3 is 3.00 bits per heavy atom. The first kappa shape index (κ1) is 13.0. The molecule has 3 nitrogen and oxygen atoms in total. The maximum atomic E-state index is 6.15. The van der Waals surface area contributed by atoms with Gasteiger partial charge in [0.05, 0.1) is 5.02 Å². The largest absolute Gasteiger partial charge is 0.311 e. The van der Waals surface area contributed by atoms with Crippen LogP contribution in [0.25, 0.3) is 10.6 Å². The smallest absolute Gasteiger partial charge is 0.149 e. The minimum Gasteiger partial charge on any atom is -0.311 e. The molecule has 0 atom stereocenters. The van der Waals surface area contributed by atoms with E-state index >= 15 is 0 Å². The summed E-state index contributed by atoms with van der Waals surface area (Å²) in [7, 11) is 0. The third kappa shape index (κ3) is 3.25. The summed E-state index contributed by atoms with van der Waals surface area (Å²) in [6, 6.07) is 5.72. The molecule has 0 saturated carbocycles. The molecule has 0 amide bonds. The SMILES string of the molecule is CCNCc1nnc(-c2cc(Br)ccc2Cl)s1. The van der Waals surface area contributed by atoms with Crippen LogP contribution >= 0.6 is 38.9 Å². The fourth-order valence-electron chi connectivity index (χ4n) is 1.33. The van der Waals surface area contributed by atoms with E-state index in [0.29, 0.717) is 5.02 Å². The molecule has 0 unspecified atom stereocenters. The molecule has 0 fully saturated rings. The third-order valence-corrected chi connectivity index (χ3v) is 3.93. The first-order valence-electron chi connectivity index (χ1n) is 5.19. The van der Waals surface area contributed by atoms with Crippen LogP contribution in [-0.2, 0) is 6.54 Å². The van der Waals surface area contributed by atoms with Crippen LogP contribution in [0.3, 0.4) is 0 Å². The Kier molecular flexibility index (Phi) is 4.50. The molecule has 0 aliphatic carbocycles. The molecule has 1 aromatic carbocycles. The summed E-state index contributed by atoms with van der Waals surface area (Å²) in [4.78, 5) is 0. The Morgan fingerprint density at radius 2 is 2.24 bits per heavy atom. The van der Waals surface area contributed by atoms with Crippen LogP contribution in [0, 0.1) is 0 Å². The number of hydrogen-bond donors (Lipinski definition) is 1. The van der Waals surface area contributed by atoms with Gasteiger partial charge in [0.1, 0.15) is 10.0 Å². The Labute approximate surface area is 117 Å². The monoisotopic (exact) mass is 331 g/mol. The van der Waals surface area contributed by atoms with Crippen LogP contribution in [0.4, 0.5) is 0 Å². The van der Waals surface area contributed by atoms with Crippen molar-refractivity contribution in [2.45, 2.75) is 13.5 Å². The molecule has 0 bridgehead atoms. The zero-order valence-electron chi connectivity index (χ0n) is 9.20. The number of benzene rings is 1. The lowest BCUT2D eigenvalue weighted by atomic mass is 10.2. The average molecular weight is 333 g/mol. The Bertz CT molecular complexity index is 515. The fraction of sp³-hybridized carbons (Fsp3) is 0.273. The average Bonchev–Trinajstić information content (AvgIpc) is 2.78. The van der Waals surface area contributed by atoms with Crippen molar-refractivity contribution >= 4 is 38.9 Å². The highest BCUT2D eigenvalue weighted by Gasteiger charge is 2.10. The molecule has 90 valence electrons. The van der Waals surface area contributed by atoms with E-state index in [4.69, 9.17) is 11.6 Å². The van der Waals surface area contributed by atoms with Gasteiger partial charge in [-0.3, -0.25) is 0 Å². The lowest BCUT2D eigenvalue weighted by Crippen LogP contribution is -2.11.